The summed E-state index contributed by atoms with van der Waals surface area (Å²) in [5, 5.41) is 2.14. The van der Waals surface area contributed by atoms with E-state index >= 15 is 0 Å². The monoisotopic (exact) mass is 506 g/mol. The third kappa shape index (κ3) is 7.72. The lowest BCUT2D eigenvalue weighted by Gasteiger charge is -2.24. The lowest BCUT2D eigenvalue weighted by molar-refractivity contribution is -0.115. The predicted molar refractivity (Wildman–Crippen MR) is 132 cm³/mol. The van der Waals surface area contributed by atoms with E-state index in [4.69, 9.17) is 9.47 Å². The largest absolute Gasteiger partial charge is 0.497 e. The van der Waals surface area contributed by atoms with Gasteiger partial charge in [-0.1, -0.05) is 13.8 Å². The van der Waals surface area contributed by atoms with Gasteiger partial charge in [0.05, 0.1) is 20.4 Å². The molecule has 3 rings (SSSR count). The second kappa shape index (κ2) is 13.1. The van der Waals surface area contributed by atoms with Crippen molar-refractivity contribution in [3.63, 3.8) is 0 Å². The van der Waals surface area contributed by atoms with E-state index in [2.05, 4.69) is 20.3 Å². The molecule has 0 aliphatic rings. The number of hydrogen-bond donors (Lipinski definition) is 1. The van der Waals surface area contributed by atoms with Gasteiger partial charge in [-0.3, -0.25) is 9.69 Å². The van der Waals surface area contributed by atoms with Gasteiger partial charge in [0.1, 0.15) is 23.9 Å². The molecule has 0 unspecified atom stereocenters. The van der Waals surface area contributed by atoms with Gasteiger partial charge in [-0.15, -0.1) is 0 Å². The highest BCUT2D eigenvalue weighted by Gasteiger charge is 2.27. The van der Waals surface area contributed by atoms with Crippen molar-refractivity contribution in [1.82, 2.24) is 15.0 Å². The first kappa shape index (κ1) is 28.1. The molecule has 2 aromatic heterocycles. The second-order valence-corrected chi connectivity index (χ2v) is 7.10. The van der Waals surface area contributed by atoms with Crippen molar-refractivity contribution < 1.29 is 27.4 Å². The van der Waals surface area contributed by atoms with Gasteiger partial charge in [-0.2, -0.15) is 18.2 Å². The molecule has 0 spiro atoms. The zero-order chi connectivity index (χ0) is 26.7. The van der Waals surface area contributed by atoms with E-state index in [-0.39, 0.29) is 24.1 Å². The number of carbonyl (C=O) groups excluding carboxylic acids is 1. The Bertz CT molecular complexity index is 1100. The van der Waals surface area contributed by atoms with Crippen LogP contribution in [0.25, 0.3) is 0 Å². The van der Waals surface area contributed by atoms with Crippen LogP contribution < -0.4 is 24.6 Å². The van der Waals surface area contributed by atoms with Gasteiger partial charge in [-0.25, -0.2) is 9.97 Å². The fourth-order valence-electron chi connectivity index (χ4n) is 3.01. The lowest BCUT2D eigenvalue weighted by Crippen LogP contribution is -2.25. The molecule has 0 fully saturated rings. The number of anilines is 4. The van der Waals surface area contributed by atoms with Crippen LogP contribution in [0.1, 0.15) is 19.4 Å². The van der Waals surface area contributed by atoms with Gasteiger partial charge in [0.2, 0.25) is 12.4 Å². The number of hydrogen-bond acceptors (Lipinski definition) is 8. The van der Waals surface area contributed by atoms with E-state index in [1.807, 2.05) is 37.9 Å². The van der Waals surface area contributed by atoms with Crippen LogP contribution in [0.3, 0.4) is 0 Å². The Morgan fingerprint density at radius 1 is 0.972 bits per heavy atom. The Morgan fingerprint density at radius 3 is 2.14 bits per heavy atom. The maximum atomic E-state index is 12.7. The minimum atomic E-state index is -4.46. The fourth-order valence-corrected chi connectivity index (χ4v) is 3.01. The van der Waals surface area contributed by atoms with E-state index < -0.39 is 12.7 Å². The van der Waals surface area contributed by atoms with E-state index in [0.717, 1.165) is 10.6 Å². The van der Waals surface area contributed by atoms with Crippen molar-refractivity contribution in [2.45, 2.75) is 26.6 Å². The summed E-state index contributed by atoms with van der Waals surface area (Å²) in [6, 6.07) is 10.4. The van der Waals surface area contributed by atoms with Crippen LogP contribution in [0.5, 0.6) is 11.5 Å². The minimum absolute atomic E-state index is 0.0905. The van der Waals surface area contributed by atoms with E-state index in [9.17, 15) is 18.0 Å². The molecule has 194 valence electrons. The molecule has 0 aliphatic carbocycles. The van der Waals surface area contributed by atoms with Crippen LogP contribution in [0.4, 0.5) is 36.4 Å². The van der Waals surface area contributed by atoms with Crippen LogP contribution in [0.2, 0.25) is 0 Å². The van der Waals surface area contributed by atoms with Gasteiger partial charge in [0.15, 0.2) is 5.82 Å². The van der Waals surface area contributed by atoms with Crippen LogP contribution >= 0.6 is 0 Å². The van der Waals surface area contributed by atoms with Crippen LogP contribution in [-0.4, -0.2) is 55.4 Å². The highest BCUT2D eigenvalue weighted by Crippen LogP contribution is 2.28. The summed E-state index contributed by atoms with van der Waals surface area (Å²) in [5.41, 5.74) is 1.33. The maximum Gasteiger partial charge on any atom is 0.405 e. The molecule has 12 heteroatoms. The van der Waals surface area contributed by atoms with Gasteiger partial charge < -0.3 is 19.7 Å². The molecule has 0 radical (unpaired) electrons. The molecule has 0 saturated carbocycles. The van der Waals surface area contributed by atoms with Crippen LogP contribution in [-0.2, 0) is 11.3 Å². The van der Waals surface area contributed by atoms with Gasteiger partial charge in [-0.05, 0) is 36.4 Å². The molecule has 36 heavy (non-hydrogen) atoms. The Hall–Kier alpha value is -4.09. The number of ether oxygens (including phenoxy) is 2. The number of alkyl halides is 3. The zero-order valence-electron chi connectivity index (χ0n) is 20.7. The molecule has 0 bridgehead atoms. The Balaban J connectivity index is 0.00000222. The Kier molecular flexibility index (Phi) is 10.3. The third-order valence-corrected chi connectivity index (χ3v) is 4.75. The van der Waals surface area contributed by atoms with Crippen molar-refractivity contribution in [1.29, 1.82) is 0 Å². The summed E-state index contributed by atoms with van der Waals surface area (Å²) >= 11 is 0. The number of nitrogens with zero attached hydrogens (tertiary/aromatic N) is 5. The standard InChI is InChI=1S/C22H23F3N6O3.C2H6/c1-30(16-4-6-17(33-2)7-5-16)12-15-10-27-21(28-13-22(23,24)25)29-20(15)31(14-32)19-9-8-18(34-3)11-26-19;1-2/h4-11,14H,12-13H2,1-3H3,(H,27,28,29);1-2H3. The van der Waals surface area contributed by atoms with Crippen molar-refractivity contribution in [3.8, 4) is 11.5 Å². The SMILES string of the molecule is CC.COc1ccc(N(C)Cc2cnc(NCC(F)(F)F)nc2N(C=O)c2ccc(OC)cn2)cc1. The average Bonchev–Trinajstić information content (AvgIpc) is 2.90. The normalized spacial score (nSPS) is 10.6. The Morgan fingerprint density at radius 2 is 1.61 bits per heavy atom. The van der Waals surface area contributed by atoms with Crippen molar-refractivity contribution in [2.24, 2.45) is 0 Å². The highest BCUT2D eigenvalue weighted by molar-refractivity contribution is 5.84. The molecule has 1 amide bonds. The summed E-state index contributed by atoms with van der Waals surface area (Å²) in [4.78, 5) is 27.4. The predicted octanol–water partition coefficient (Wildman–Crippen LogP) is 4.82. The molecular weight excluding hydrogens is 477 g/mol. The first-order valence-electron chi connectivity index (χ1n) is 11.0. The van der Waals surface area contributed by atoms with Crippen LogP contribution in [0.15, 0.2) is 48.8 Å². The van der Waals surface area contributed by atoms with Gasteiger partial charge in [0.25, 0.3) is 0 Å². The number of pyridine rings is 1. The molecule has 0 aliphatic heterocycles. The lowest BCUT2D eigenvalue weighted by atomic mass is 10.2. The Labute approximate surface area is 207 Å². The number of aromatic nitrogens is 3. The molecule has 1 aromatic carbocycles. The number of halogens is 3. The molecule has 1 N–H and O–H groups in total. The number of carbonyl (C=O) groups is 1. The number of nitrogens with one attached hydrogen (secondary N) is 1. The molecule has 2 heterocycles. The van der Waals surface area contributed by atoms with Crippen LogP contribution in [0, 0.1) is 0 Å². The molecule has 0 saturated heterocycles. The van der Waals surface area contributed by atoms with Gasteiger partial charge in [0, 0.05) is 31.0 Å². The average molecular weight is 507 g/mol. The molecular formula is C24H29F3N6O3. The first-order chi connectivity index (χ1) is 17.2. The number of benzene rings is 1. The van der Waals surface area contributed by atoms with Gasteiger partial charge >= 0.3 is 6.18 Å². The summed E-state index contributed by atoms with van der Waals surface area (Å²) < 4.78 is 48.3. The van der Waals surface area contributed by atoms with Crippen molar-refractivity contribution >= 4 is 29.7 Å². The van der Waals surface area contributed by atoms with E-state index in [1.54, 1.807) is 25.3 Å². The molecule has 0 atom stereocenters. The highest BCUT2D eigenvalue weighted by atomic mass is 19.4. The van der Waals surface area contributed by atoms with E-state index in [0.29, 0.717) is 23.5 Å². The van der Waals surface area contributed by atoms with Crippen molar-refractivity contribution in [2.75, 3.05) is 42.9 Å². The molecule has 9 nitrogen and oxygen atoms in total. The fraction of sp³-hybridized carbons (Fsp3) is 0.333. The maximum absolute atomic E-state index is 12.7. The number of rotatable bonds is 10. The third-order valence-electron chi connectivity index (χ3n) is 4.75. The quantitative estimate of drug-likeness (QED) is 0.392. The number of amides is 1. The van der Waals surface area contributed by atoms with E-state index in [1.165, 1.54) is 25.6 Å². The summed E-state index contributed by atoms with van der Waals surface area (Å²) in [6.07, 6.45) is -1.18. The second-order valence-electron chi connectivity index (χ2n) is 7.10. The minimum Gasteiger partial charge on any atom is -0.497 e. The summed E-state index contributed by atoms with van der Waals surface area (Å²) in [7, 11) is 4.86. The zero-order valence-corrected chi connectivity index (χ0v) is 20.7. The smallest absolute Gasteiger partial charge is 0.405 e. The number of methoxy groups -OCH3 is 2. The summed E-state index contributed by atoms with van der Waals surface area (Å²) in [6.45, 7) is 2.93. The molecule has 3 aromatic rings. The first-order valence-corrected chi connectivity index (χ1v) is 11.0. The topological polar surface area (TPSA) is 92.7 Å². The summed E-state index contributed by atoms with van der Waals surface area (Å²) in [5.74, 6) is 1.20. The van der Waals surface area contributed by atoms with Crippen molar-refractivity contribution in [3.05, 3.63) is 54.4 Å².